The minimum atomic E-state index is -0.622. The monoisotopic (exact) mass is 262 g/mol. The molecule has 0 amide bonds. The van der Waals surface area contributed by atoms with Crippen LogP contribution >= 0.6 is 0 Å². The van der Waals surface area contributed by atoms with Gasteiger partial charge in [-0.3, -0.25) is 10.1 Å². The zero-order valence-corrected chi connectivity index (χ0v) is 10.3. The summed E-state index contributed by atoms with van der Waals surface area (Å²) in [5.74, 6) is 0.450. The molecule has 0 aromatic carbocycles. The lowest BCUT2D eigenvalue weighted by atomic mass is 10.0. The molecule has 7 heteroatoms. The van der Waals surface area contributed by atoms with Gasteiger partial charge in [0.2, 0.25) is 5.69 Å². The van der Waals surface area contributed by atoms with Crippen LogP contribution < -0.4 is 5.32 Å². The van der Waals surface area contributed by atoms with E-state index in [-0.39, 0.29) is 23.4 Å². The van der Waals surface area contributed by atoms with Crippen LogP contribution in [0.3, 0.4) is 0 Å². The van der Waals surface area contributed by atoms with Gasteiger partial charge >= 0.3 is 5.69 Å². The summed E-state index contributed by atoms with van der Waals surface area (Å²) in [7, 11) is 0. The molecule has 1 aromatic heterocycles. The summed E-state index contributed by atoms with van der Waals surface area (Å²) in [6, 6.07) is 4.49. The maximum absolute atomic E-state index is 10.7. The number of aromatic nitrogens is 1. The van der Waals surface area contributed by atoms with Gasteiger partial charge in [-0.25, -0.2) is 4.98 Å². The van der Waals surface area contributed by atoms with Crippen LogP contribution in [0.5, 0.6) is 0 Å². The van der Waals surface area contributed by atoms with Gasteiger partial charge in [-0.1, -0.05) is 0 Å². The molecule has 100 valence electrons. The number of rotatable bonds is 6. The molecular weight excluding hydrogens is 248 g/mol. The lowest BCUT2D eigenvalue weighted by Crippen LogP contribution is -2.17. The van der Waals surface area contributed by atoms with Crippen LogP contribution in [0.4, 0.5) is 11.5 Å². The van der Waals surface area contributed by atoms with Crippen LogP contribution in [-0.4, -0.2) is 28.2 Å². The molecule has 1 aliphatic rings. The molecule has 2 rings (SSSR count). The molecule has 0 radical (unpaired) electrons. The highest BCUT2D eigenvalue weighted by molar-refractivity contribution is 5.50. The number of nitriles is 1. The topological polar surface area (TPSA) is 112 Å². The van der Waals surface area contributed by atoms with Crippen molar-refractivity contribution in [1.82, 2.24) is 4.98 Å². The highest BCUT2D eigenvalue weighted by Crippen LogP contribution is 2.48. The largest absolute Gasteiger partial charge is 0.396 e. The molecule has 2 N–H and O–H groups in total. The Morgan fingerprint density at radius 2 is 2.32 bits per heavy atom. The molecule has 0 unspecified atom stereocenters. The number of nitrogens with one attached hydrogen (secondary N) is 1. The van der Waals surface area contributed by atoms with E-state index in [4.69, 9.17) is 10.4 Å². The normalized spacial score (nSPS) is 15.6. The predicted molar refractivity (Wildman–Crippen MR) is 67.5 cm³/mol. The summed E-state index contributed by atoms with van der Waals surface area (Å²) >= 11 is 0. The third-order valence-electron chi connectivity index (χ3n) is 3.42. The van der Waals surface area contributed by atoms with Crippen LogP contribution in [0.15, 0.2) is 12.1 Å². The standard InChI is InChI=1S/C12H14N4O3/c13-7-9-10(16(18)19)1-2-11(15-9)14-8-12(3-4-12)5-6-17/h1-2,17H,3-6,8H2,(H,14,15). The zero-order valence-electron chi connectivity index (χ0n) is 10.3. The van der Waals surface area contributed by atoms with Crippen molar-refractivity contribution in [2.24, 2.45) is 5.41 Å². The van der Waals surface area contributed by atoms with Crippen molar-refractivity contribution < 1.29 is 10.0 Å². The molecule has 1 heterocycles. The Kier molecular flexibility index (Phi) is 3.62. The summed E-state index contributed by atoms with van der Waals surface area (Å²) < 4.78 is 0. The van der Waals surface area contributed by atoms with Crippen LogP contribution in [-0.2, 0) is 0 Å². The van der Waals surface area contributed by atoms with Crippen molar-refractivity contribution in [1.29, 1.82) is 5.26 Å². The van der Waals surface area contributed by atoms with Crippen LogP contribution in [0, 0.1) is 26.9 Å². The fourth-order valence-corrected chi connectivity index (χ4v) is 1.99. The minimum absolute atomic E-state index is 0.116. The number of pyridine rings is 1. The van der Waals surface area contributed by atoms with Crippen molar-refractivity contribution in [3.63, 3.8) is 0 Å². The summed E-state index contributed by atoms with van der Waals surface area (Å²) in [5, 5.41) is 31.5. The number of anilines is 1. The molecule has 0 spiro atoms. The quantitative estimate of drug-likeness (QED) is 0.592. The average Bonchev–Trinajstić information content (AvgIpc) is 3.16. The molecule has 0 atom stereocenters. The number of hydrogen-bond acceptors (Lipinski definition) is 6. The number of aliphatic hydroxyl groups excluding tert-OH is 1. The molecule has 0 aliphatic heterocycles. The number of hydrogen-bond donors (Lipinski definition) is 2. The smallest absolute Gasteiger partial charge is 0.305 e. The minimum Gasteiger partial charge on any atom is -0.396 e. The Morgan fingerprint density at radius 1 is 1.58 bits per heavy atom. The van der Waals surface area contributed by atoms with E-state index in [1.54, 1.807) is 6.07 Å². The molecule has 1 aliphatic carbocycles. The maximum Gasteiger partial charge on any atom is 0.305 e. The Balaban J connectivity index is 2.06. The third-order valence-corrected chi connectivity index (χ3v) is 3.42. The fourth-order valence-electron chi connectivity index (χ4n) is 1.99. The SMILES string of the molecule is N#Cc1nc(NCC2(CCO)CC2)ccc1[N+](=O)[O-]. The summed E-state index contributed by atoms with van der Waals surface area (Å²) in [6.45, 7) is 0.808. The van der Waals surface area contributed by atoms with Gasteiger partial charge in [-0.15, -0.1) is 0 Å². The van der Waals surface area contributed by atoms with Crippen LogP contribution in [0.2, 0.25) is 0 Å². The van der Waals surface area contributed by atoms with Crippen molar-refractivity contribution in [2.75, 3.05) is 18.5 Å². The van der Waals surface area contributed by atoms with Gasteiger partial charge < -0.3 is 10.4 Å². The second-order valence-corrected chi connectivity index (χ2v) is 4.76. The highest BCUT2D eigenvalue weighted by Gasteiger charge is 2.41. The van der Waals surface area contributed by atoms with E-state index in [2.05, 4.69) is 10.3 Å². The van der Waals surface area contributed by atoms with Gasteiger partial charge in [0.25, 0.3) is 0 Å². The summed E-state index contributed by atoms with van der Waals surface area (Å²) in [6.07, 6.45) is 2.84. The third kappa shape index (κ3) is 2.98. The molecule has 1 fully saturated rings. The van der Waals surface area contributed by atoms with Gasteiger partial charge in [0, 0.05) is 19.2 Å². The summed E-state index contributed by atoms with van der Waals surface area (Å²) in [5.41, 5.74) is -0.364. The molecule has 0 bridgehead atoms. The fraction of sp³-hybridized carbons (Fsp3) is 0.500. The van der Waals surface area contributed by atoms with Gasteiger partial charge in [-0.05, 0) is 30.7 Å². The van der Waals surface area contributed by atoms with Crippen molar-refractivity contribution >= 4 is 11.5 Å². The molecule has 19 heavy (non-hydrogen) atoms. The Morgan fingerprint density at radius 3 is 2.84 bits per heavy atom. The first kappa shape index (κ1) is 13.2. The summed E-state index contributed by atoms with van der Waals surface area (Å²) in [4.78, 5) is 14.0. The lowest BCUT2D eigenvalue weighted by Gasteiger charge is -2.14. The Hall–Kier alpha value is -2.20. The van der Waals surface area contributed by atoms with Gasteiger partial charge in [0.05, 0.1) is 4.92 Å². The zero-order chi connectivity index (χ0) is 13.9. The molecule has 7 nitrogen and oxygen atoms in total. The second-order valence-electron chi connectivity index (χ2n) is 4.76. The van der Waals surface area contributed by atoms with Crippen LogP contribution in [0.1, 0.15) is 25.0 Å². The van der Waals surface area contributed by atoms with Gasteiger partial charge in [-0.2, -0.15) is 5.26 Å². The molecule has 1 saturated carbocycles. The van der Waals surface area contributed by atoms with E-state index < -0.39 is 4.92 Å². The Bertz CT molecular complexity index is 534. The van der Waals surface area contributed by atoms with E-state index in [0.717, 1.165) is 19.3 Å². The molecule has 0 saturated heterocycles. The van der Waals surface area contributed by atoms with Gasteiger partial charge in [0.1, 0.15) is 11.9 Å². The van der Waals surface area contributed by atoms with E-state index in [0.29, 0.717) is 12.4 Å². The second kappa shape index (κ2) is 5.20. The van der Waals surface area contributed by atoms with E-state index in [1.807, 2.05) is 0 Å². The van der Waals surface area contributed by atoms with Crippen molar-refractivity contribution in [3.05, 3.63) is 27.9 Å². The first-order valence-corrected chi connectivity index (χ1v) is 6.00. The van der Waals surface area contributed by atoms with Crippen molar-refractivity contribution in [3.8, 4) is 6.07 Å². The first-order valence-electron chi connectivity index (χ1n) is 6.00. The number of nitrogens with zero attached hydrogens (tertiary/aromatic N) is 3. The molecule has 1 aromatic rings. The van der Waals surface area contributed by atoms with Crippen molar-refractivity contribution in [2.45, 2.75) is 19.3 Å². The van der Waals surface area contributed by atoms with E-state index in [9.17, 15) is 10.1 Å². The van der Waals surface area contributed by atoms with E-state index >= 15 is 0 Å². The van der Waals surface area contributed by atoms with E-state index in [1.165, 1.54) is 12.1 Å². The first-order chi connectivity index (χ1) is 9.10. The average molecular weight is 262 g/mol. The van der Waals surface area contributed by atoms with Crippen LogP contribution in [0.25, 0.3) is 0 Å². The number of nitro groups is 1. The predicted octanol–water partition coefficient (Wildman–Crippen LogP) is 1.44. The Labute approximate surface area is 110 Å². The highest BCUT2D eigenvalue weighted by atomic mass is 16.6. The molecular formula is C12H14N4O3. The van der Waals surface area contributed by atoms with Gasteiger partial charge in [0.15, 0.2) is 0 Å². The number of aliphatic hydroxyl groups is 1. The maximum atomic E-state index is 10.7. The lowest BCUT2D eigenvalue weighted by molar-refractivity contribution is -0.385.